The second-order valence-electron chi connectivity index (χ2n) is 6.75. The van der Waals surface area contributed by atoms with E-state index in [0.29, 0.717) is 30.4 Å². The van der Waals surface area contributed by atoms with Crippen molar-refractivity contribution in [2.45, 2.75) is 64.8 Å². The Hall–Kier alpha value is -1.85. The Balaban J connectivity index is 1.84. The van der Waals surface area contributed by atoms with Crippen molar-refractivity contribution in [2.75, 3.05) is 6.54 Å². The van der Waals surface area contributed by atoms with Crippen LogP contribution in [0, 0.1) is 5.92 Å². The van der Waals surface area contributed by atoms with E-state index in [1.807, 2.05) is 4.68 Å². The van der Waals surface area contributed by atoms with E-state index in [-0.39, 0.29) is 12.3 Å². The van der Waals surface area contributed by atoms with Crippen LogP contribution in [0.15, 0.2) is 6.20 Å². The van der Waals surface area contributed by atoms with Gasteiger partial charge in [0.25, 0.3) is 5.91 Å². The third-order valence-electron chi connectivity index (χ3n) is 3.98. The standard InChI is InChI=1S/C17H27N3O3/c1-12(2)11-20-16(13-7-8-13)14(10-19-20)17(23)18-9-5-3-4-6-15(21)22/h10,12-13H,3-9,11H2,1-2H3,(H,18,23)(H,21,22). The summed E-state index contributed by atoms with van der Waals surface area (Å²) in [6, 6.07) is 0. The first-order valence-electron chi connectivity index (χ1n) is 8.54. The van der Waals surface area contributed by atoms with Gasteiger partial charge in [0.15, 0.2) is 0 Å². The topological polar surface area (TPSA) is 84.2 Å². The molecular weight excluding hydrogens is 294 g/mol. The molecule has 1 saturated carbocycles. The molecule has 1 aliphatic carbocycles. The molecule has 6 heteroatoms. The van der Waals surface area contributed by atoms with Crippen LogP contribution in [-0.4, -0.2) is 33.3 Å². The van der Waals surface area contributed by atoms with Crippen molar-refractivity contribution in [1.29, 1.82) is 0 Å². The molecule has 0 atom stereocenters. The molecule has 1 aromatic rings. The maximum Gasteiger partial charge on any atom is 0.303 e. The van der Waals surface area contributed by atoms with Crippen molar-refractivity contribution < 1.29 is 14.7 Å². The molecule has 0 saturated heterocycles. The molecule has 23 heavy (non-hydrogen) atoms. The zero-order valence-electron chi connectivity index (χ0n) is 14.0. The SMILES string of the molecule is CC(C)Cn1ncc(C(=O)NCCCCCC(=O)O)c1C1CC1. The number of hydrogen-bond acceptors (Lipinski definition) is 3. The molecule has 1 amide bonds. The van der Waals surface area contributed by atoms with Gasteiger partial charge in [-0.3, -0.25) is 14.3 Å². The van der Waals surface area contributed by atoms with Gasteiger partial charge in [0.1, 0.15) is 0 Å². The predicted octanol–water partition coefficient (Wildman–Crippen LogP) is 2.79. The molecular formula is C17H27N3O3. The number of carboxylic acid groups (broad SMARTS) is 1. The number of amides is 1. The van der Waals surface area contributed by atoms with Crippen LogP contribution in [0.4, 0.5) is 0 Å². The van der Waals surface area contributed by atoms with Gasteiger partial charge >= 0.3 is 5.97 Å². The van der Waals surface area contributed by atoms with Gasteiger partial charge in [-0.25, -0.2) is 0 Å². The molecule has 0 unspecified atom stereocenters. The second kappa shape index (κ2) is 8.13. The van der Waals surface area contributed by atoms with E-state index < -0.39 is 5.97 Å². The van der Waals surface area contributed by atoms with Crippen molar-refractivity contribution >= 4 is 11.9 Å². The molecule has 2 N–H and O–H groups in total. The van der Waals surface area contributed by atoms with E-state index in [1.54, 1.807) is 6.20 Å². The lowest BCUT2D eigenvalue weighted by molar-refractivity contribution is -0.137. The van der Waals surface area contributed by atoms with Gasteiger partial charge in [-0.1, -0.05) is 20.3 Å². The van der Waals surface area contributed by atoms with Crippen LogP contribution in [0.1, 0.15) is 74.3 Å². The smallest absolute Gasteiger partial charge is 0.303 e. The number of hydrogen-bond donors (Lipinski definition) is 2. The lowest BCUT2D eigenvalue weighted by Gasteiger charge is -2.11. The second-order valence-corrected chi connectivity index (χ2v) is 6.75. The third kappa shape index (κ3) is 5.37. The Morgan fingerprint density at radius 3 is 2.70 bits per heavy atom. The number of aromatic nitrogens is 2. The van der Waals surface area contributed by atoms with Gasteiger partial charge in [-0.2, -0.15) is 5.10 Å². The summed E-state index contributed by atoms with van der Waals surface area (Å²) in [6.07, 6.45) is 6.44. The highest BCUT2D eigenvalue weighted by Crippen LogP contribution is 2.41. The summed E-state index contributed by atoms with van der Waals surface area (Å²) in [5.74, 6) is 0.158. The minimum Gasteiger partial charge on any atom is -0.481 e. The van der Waals surface area contributed by atoms with E-state index in [1.165, 1.54) is 0 Å². The number of carboxylic acids is 1. The number of unbranched alkanes of at least 4 members (excludes halogenated alkanes) is 2. The first-order valence-corrected chi connectivity index (χ1v) is 8.54. The predicted molar refractivity (Wildman–Crippen MR) is 87.5 cm³/mol. The molecule has 1 aliphatic rings. The number of nitrogens with one attached hydrogen (secondary N) is 1. The van der Waals surface area contributed by atoms with E-state index in [0.717, 1.165) is 37.9 Å². The van der Waals surface area contributed by atoms with Crippen molar-refractivity contribution in [1.82, 2.24) is 15.1 Å². The number of carbonyl (C=O) groups is 2. The highest BCUT2D eigenvalue weighted by Gasteiger charge is 2.32. The molecule has 0 spiro atoms. The number of nitrogens with zero attached hydrogens (tertiary/aromatic N) is 2. The molecule has 1 heterocycles. The number of carbonyl (C=O) groups excluding carboxylic acids is 1. The fourth-order valence-corrected chi connectivity index (χ4v) is 2.72. The number of aliphatic carboxylic acids is 1. The van der Waals surface area contributed by atoms with Crippen LogP contribution in [0.5, 0.6) is 0 Å². The Labute approximate surface area is 137 Å². The average molecular weight is 321 g/mol. The van der Waals surface area contributed by atoms with Crippen LogP contribution in [0.25, 0.3) is 0 Å². The summed E-state index contributed by atoms with van der Waals surface area (Å²) < 4.78 is 1.99. The molecule has 0 aromatic carbocycles. The highest BCUT2D eigenvalue weighted by molar-refractivity contribution is 5.95. The molecule has 1 aromatic heterocycles. The minimum atomic E-state index is -0.763. The van der Waals surface area contributed by atoms with E-state index in [4.69, 9.17) is 5.11 Å². The summed E-state index contributed by atoms with van der Waals surface area (Å²) in [7, 11) is 0. The lowest BCUT2D eigenvalue weighted by Crippen LogP contribution is -2.25. The van der Waals surface area contributed by atoms with Gasteiger partial charge in [0, 0.05) is 25.4 Å². The van der Waals surface area contributed by atoms with Crippen LogP contribution in [0.2, 0.25) is 0 Å². The Bertz CT molecular complexity index is 547. The Morgan fingerprint density at radius 1 is 1.35 bits per heavy atom. The van der Waals surface area contributed by atoms with Gasteiger partial charge in [0.2, 0.25) is 0 Å². The molecule has 128 valence electrons. The molecule has 1 fully saturated rings. The molecule has 0 aliphatic heterocycles. The highest BCUT2D eigenvalue weighted by atomic mass is 16.4. The van der Waals surface area contributed by atoms with E-state index >= 15 is 0 Å². The largest absolute Gasteiger partial charge is 0.481 e. The van der Waals surface area contributed by atoms with E-state index in [2.05, 4.69) is 24.3 Å². The van der Waals surface area contributed by atoms with Gasteiger partial charge in [-0.05, 0) is 31.6 Å². The van der Waals surface area contributed by atoms with Gasteiger partial charge < -0.3 is 10.4 Å². The van der Waals surface area contributed by atoms with Crippen molar-refractivity contribution in [3.8, 4) is 0 Å². The molecule has 0 bridgehead atoms. The summed E-state index contributed by atoms with van der Waals surface area (Å²) in [6.45, 7) is 5.72. The monoisotopic (exact) mass is 321 g/mol. The fourth-order valence-electron chi connectivity index (χ4n) is 2.72. The lowest BCUT2D eigenvalue weighted by atomic mass is 10.1. The van der Waals surface area contributed by atoms with Crippen molar-refractivity contribution in [3.63, 3.8) is 0 Å². The van der Waals surface area contributed by atoms with Crippen molar-refractivity contribution in [3.05, 3.63) is 17.5 Å². The summed E-state index contributed by atoms with van der Waals surface area (Å²) >= 11 is 0. The molecule has 0 radical (unpaired) electrons. The molecule has 2 rings (SSSR count). The first kappa shape index (κ1) is 17.5. The van der Waals surface area contributed by atoms with Gasteiger partial charge in [-0.15, -0.1) is 0 Å². The summed E-state index contributed by atoms with van der Waals surface area (Å²) in [5.41, 5.74) is 1.79. The van der Waals surface area contributed by atoms with Crippen molar-refractivity contribution in [2.24, 2.45) is 5.92 Å². The molecule has 6 nitrogen and oxygen atoms in total. The fraction of sp³-hybridized carbons (Fsp3) is 0.706. The minimum absolute atomic E-state index is 0.0554. The number of rotatable bonds is 10. The van der Waals surface area contributed by atoms with Crippen LogP contribution < -0.4 is 5.32 Å². The average Bonchev–Trinajstić information content (AvgIpc) is 3.23. The normalized spacial score (nSPS) is 14.2. The maximum atomic E-state index is 12.4. The van der Waals surface area contributed by atoms with Gasteiger partial charge in [0.05, 0.1) is 17.5 Å². The quantitative estimate of drug-likeness (QED) is 0.649. The van der Waals surface area contributed by atoms with Crippen LogP contribution >= 0.6 is 0 Å². The van der Waals surface area contributed by atoms with Crippen LogP contribution in [-0.2, 0) is 11.3 Å². The third-order valence-corrected chi connectivity index (χ3v) is 3.98. The van der Waals surface area contributed by atoms with E-state index in [9.17, 15) is 9.59 Å². The summed E-state index contributed by atoms with van der Waals surface area (Å²) in [4.78, 5) is 22.8. The first-order chi connectivity index (χ1) is 11.0. The maximum absolute atomic E-state index is 12.4. The summed E-state index contributed by atoms with van der Waals surface area (Å²) in [5, 5.41) is 15.9. The Morgan fingerprint density at radius 2 is 2.09 bits per heavy atom. The Kier molecular flexibility index (Phi) is 6.19. The zero-order valence-corrected chi connectivity index (χ0v) is 14.0. The van der Waals surface area contributed by atoms with Crippen LogP contribution in [0.3, 0.4) is 0 Å². The zero-order chi connectivity index (χ0) is 16.8.